The molecule has 0 heterocycles. The standard InChI is InChI=1S/C48H89NO4Si3/c1-15-54(16-2,17-3)51-43-36-38-27-28-39-41-30-29-40(37(10)26-24-32-46(11,12)53-56(21-7,22-8)23-9)47(41,13)33-31-42(39)48(38,14)45(44(43)50-35-25-34-49)52-55(18-4,19-5)20-6/h27-28,37,40-45H,15-26,29-33,35-36H2,1-14H3/t37-,40-,41+,42+,43-,44-,45+,47-,48+/m1/s1. The second-order valence-electron chi connectivity index (χ2n) is 20.1. The highest BCUT2D eigenvalue weighted by Gasteiger charge is 2.63. The third-order valence-corrected chi connectivity index (χ3v) is 31.6. The van der Waals surface area contributed by atoms with E-state index in [1.807, 2.05) is 0 Å². The molecule has 0 bridgehead atoms. The molecule has 0 radical (unpaired) electrons. The predicted octanol–water partition coefficient (Wildman–Crippen LogP) is 14.4. The van der Waals surface area contributed by atoms with Crippen LogP contribution in [0.4, 0.5) is 0 Å². The number of hydrogen-bond acceptors (Lipinski definition) is 5. The summed E-state index contributed by atoms with van der Waals surface area (Å²) in [4.78, 5) is 0. The molecule has 5 nitrogen and oxygen atoms in total. The van der Waals surface area contributed by atoms with Gasteiger partial charge in [0.15, 0.2) is 25.0 Å². The second-order valence-corrected chi connectivity index (χ2v) is 34.2. The lowest BCUT2D eigenvalue weighted by molar-refractivity contribution is -0.151. The predicted molar refractivity (Wildman–Crippen MR) is 245 cm³/mol. The van der Waals surface area contributed by atoms with E-state index >= 15 is 0 Å². The maximum absolute atomic E-state index is 9.65. The van der Waals surface area contributed by atoms with E-state index in [-0.39, 0.29) is 29.3 Å². The quantitative estimate of drug-likeness (QED) is 0.0758. The van der Waals surface area contributed by atoms with Crippen molar-refractivity contribution in [3.8, 4) is 6.07 Å². The Bertz CT molecular complexity index is 1340. The van der Waals surface area contributed by atoms with Gasteiger partial charge in [-0.25, -0.2) is 0 Å². The van der Waals surface area contributed by atoms with Crippen LogP contribution in [0, 0.1) is 45.8 Å². The first kappa shape index (κ1) is 48.1. The number of ether oxygens (including phenoxy) is 1. The number of fused-ring (bicyclic) bond motifs is 5. The molecular weight excluding hydrogens is 739 g/mol. The van der Waals surface area contributed by atoms with Crippen LogP contribution in [0.25, 0.3) is 0 Å². The van der Waals surface area contributed by atoms with Crippen LogP contribution >= 0.6 is 0 Å². The third kappa shape index (κ3) is 9.50. The van der Waals surface area contributed by atoms with Crippen LogP contribution in [0.15, 0.2) is 23.3 Å². The molecule has 4 aliphatic carbocycles. The molecule has 4 aliphatic rings. The largest absolute Gasteiger partial charge is 0.412 e. The molecule has 0 spiro atoms. The highest BCUT2D eigenvalue weighted by Crippen LogP contribution is 2.67. The summed E-state index contributed by atoms with van der Waals surface area (Å²) >= 11 is 0. The highest BCUT2D eigenvalue weighted by atomic mass is 28.4. The molecule has 0 aromatic carbocycles. The molecule has 4 rings (SSSR count). The van der Waals surface area contributed by atoms with Crippen molar-refractivity contribution in [2.45, 2.75) is 233 Å². The van der Waals surface area contributed by atoms with E-state index < -0.39 is 25.0 Å². The Morgan fingerprint density at radius 1 is 0.786 bits per heavy atom. The van der Waals surface area contributed by atoms with Gasteiger partial charge < -0.3 is 18.0 Å². The fourth-order valence-corrected chi connectivity index (χ4v) is 22.0. The van der Waals surface area contributed by atoms with E-state index in [1.165, 1.54) is 62.2 Å². The average Bonchev–Trinajstić information content (AvgIpc) is 3.56. The Morgan fingerprint density at radius 3 is 1.91 bits per heavy atom. The normalized spacial score (nSPS) is 31.5. The van der Waals surface area contributed by atoms with Crippen LogP contribution in [-0.2, 0) is 18.0 Å². The molecule has 56 heavy (non-hydrogen) atoms. The Kier molecular flexibility index (Phi) is 17.1. The Balaban J connectivity index is 1.66. The summed E-state index contributed by atoms with van der Waals surface area (Å²) in [5.74, 6) is 2.58. The number of rotatable bonds is 23. The lowest BCUT2D eigenvalue weighted by atomic mass is 9.49. The average molecular weight is 829 g/mol. The summed E-state index contributed by atoms with van der Waals surface area (Å²) in [6.07, 6.45) is 15.2. The first-order valence-electron chi connectivity index (χ1n) is 24.0. The van der Waals surface area contributed by atoms with Crippen LogP contribution in [0.3, 0.4) is 0 Å². The van der Waals surface area contributed by atoms with Crippen molar-refractivity contribution in [2.75, 3.05) is 6.61 Å². The minimum absolute atomic E-state index is 0.0256. The summed E-state index contributed by atoms with van der Waals surface area (Å²) < 4.78 is 29.3. The zero-order chi connectivity index (χ0) is 41.6. The van der Waals surface area contributed by atoms with Gasteiger partial charge in [0.1, 0.15) is 6.10 Å². The van der Waals surface area contributed by atoms with Crippen LogP contribution in [0.5, 0.6) is 0 Å². The molecule has 0 aliphatic heterocycles. The highest BCUT2D eigenvalue weighted by molar-refractivity contribution is 6.74. The molecule has 0 aromatic rings. The minimum atomic E-state index is -2.04. The van der Waals surface area contributed by atoms with Gasteiger partial charge in [0.25, 0.3) is 0 Å². The zero-order valence-electron chi connectivity index (χ0n) is 39.2. The topological polar surface area (TPSA) is 60.7 Å². The number of nitriles is 1. The van der Waals surface area contributed by atoms with Gasteiger partial charge in [-0.2, -0.15) is 5.26 Å². The smallest absolute Gasteiger partial charge is 0.192 e. The number of nitrogens with zero attached hydrogens (tertiary/aromatic N) is 1. The molecule has 322 valence electrons. The van der Waals surface area contributed by atoms with E-state index in [2.05, 4.69) is 115 Å². The Labute approximate surface area is 350 Å². The Hall–Kier alpha value is -0.539. The van der Waals surface area contributed by atoms with Crippen molar-refractivity contribution in [1.82, 2.24) is 0 Å². The molecule has 9 atom stereocenters. The molecule has 0 aromatic heterocycles. The first-order valence-corrected chi connectivity index (χ1v) is 31.6. The number of hydrogen-bond donors (Lipinski definition) is 0. The molecule has 0 amide bonds. The molecule has 0 unspecified atom stereocenters. The van der Waals surface area contributed by atoms with E-state index in [0.717, 1.165) is 60.9 Å². The zero-order valence-corrected chi connectivity index (χ0v) is 42.2. The van der Waals surface area contributed by atoms with Gasteiger partial charge in [-0.1, -0.05) is 119 Å². The van der Waals surface area contributed by atoms with Crippen molar-refractivity contribution in [3.63, 3.8) is 0 Å². The van der Waals surface area contributed by atoms with Crippen molar-refractivity contribution in [3.05, 3.63) is 23.3 Å². The molecule has 0 N–H and O–H groups in total. The van der Waals surface area contributed by atoms with Gasteiger partial charge in [0.2, 0.25) is 0 Å². The lowest BCUT2D eigenvalue weighted by Crippen LogP contribution is -2.64. The molecule has 3 fully saturated rings. The summed E-state index contributed by atoms with van der Waals surface area (Å²) in [6.45, 7) is 34.2. The van der Waals surface area contributed by atoms with Crippen LogP contribution in [0.2, 0.25) is 54.4 Å². The third-order valence-electron chi connectivity index (χ3n) is 17.5. The minimum Gasteiger partial charge on any atom is -0.412 e. The monoisotopic (exact) mass is 828 g/mol. The van der Waals surface area contributed by atoms with E-state index in [1.54, 1.807) is 5.57 Å². The maximum atomic E-state index is 9.65. The van der Waals surface area contributed by atoms with Crippen LogP contribution in [-0.4, -0.2) is 55.5 Å². The van der Waals surface area contributed by atoms with Gasteiger partial charge in [0, 0.05) is 5.41 Å². The van der Waals surface area contributed by atoms with Crippen LogP contribution < -0.4 is 0 Å². The van der Waals surface area contributed by atoms with Crippen molar-refractivity contribution in [2.24, 2.45) is 34.5 Å². The molecule has 3 saturated carbocycles. The van der Waals surface area contributed by atoms with Gasteiger partial charge >= 0.3 is 0 Å². The Morgan fingerprint density at radius 2 is 1.36 bits per heavy atom. The molecular formula is C48H89NO4Si3. The van der Waals surface area contributed by atoms with Gasteiger partial charge in [-0.3, -0.25) is 0 Å². The fourth-order valence-electron chi connectivity index (χ4n) is 13.0. The van der Waals surface area contributed by atoms with E-state index in [0.29, 0.717) is 30.3 Å². The number of allylic oxidation sites excluding steroid dienone is 3. The van der Waals surface area contributed by atoms with Gasteiger partial charge in [-0.05, 0) is 136 Å². The van der Waals surface area contributed by atoms with Gasteiger partial charge in [0.05, 0.1) is 36.9 Å². The van der Waals surface area contributed by atoms with Crippen molar-refractivity contribution in [1.29, 1.82) is 5.26 Å². The van der Waals surface area contributed by atoms with Crippen molar-refractivity contribution < 1.29 is 18.0 Å². The summed E-state index contributed by atoms with van der Waals surface area (Å²) in [7, 11) is -5.62. The van der Waals surface area contributed by atoms with Crippen molar-refractivity contribution >= 4 is 25.0 Å². The SMILES string of the molecule is CC[Si](CC)(CC)O[C@@H]1CC2=CC=C3[C@@H]4CC[C@H]([C@H](C)CCCC(C)(C)O[Si](CC)(CC)CC)[C@@]4(C)CC[C@@H]3[C@@]2(C)[C@@H](O[Si](CC)(CC)CC)[C@@H]1OCCC#N. The van der Waals surface area contributed by atoms with E-state index in [4.69, 9.17) is 18.0 Å². The van der Waals surface area contributed by atoms with Crippen LogP contribution in [0.1, 0.15) is 155 Å². The lowest BCUT2D eigenvalue weighted by Gasteiger charge is -2.61. The second kappa shape index (κ2) is 19.9. The fraction of sp³-hybridized carbons (Fsp3) is 0.896. The van der Waals surface area contributed by atoms with Gasteiger partial charge in [-0.15, -0.1) is 0 Å². The maximum Gasteiger partial charge on any atom is 0.192 e. The summed E-state index contributed by atoms with van der Waals surface area (Å²) in [6, 6.07) is 12.8. The first-order chi connectivity index (χ1) is 26.6. The molecule has 0 saturated heterocycles. The molecule has 8 heteroatoms. The summed E-state index contributed by atoms with van der Waals surface area (Å²) in [5.41, 5.74) is 3.43. The van der Waals surface area contributed by atoms with E-state index in [9.17, 15) is 5.26 Å². The summed E-state index contributed by atoms with van der Waals surface area (Å²) in [5, 5.41) is 9.65.